The van der Waals surface area contributed by atoms with Crippen molar-refractivity contribution in [3.05, 3.63) is 76.5 Å². The van der Waals surface area contributed by atoms with Crippen molar-refractivity contribution in [1.29, 1.82) is 0 Å². The average molecular weight is 314 g/mol. The van der Waals surface area contributed by atoms with Crippen LogP contribution in [-0.2, 0) is 0 Å². The maximum absolute atomic E-state index is 12.1. The predicted octanol–water partition coefficient (Wildman–Crippen LogP) is 5.58. The first-order valence-electron chi connectivity index (χ1n) is 7.31. The van der Waals surface area contributed by atoms with E-state index in [0.717, 1.165) is 11.3 Å². The molecule has 2 aromatic carbocycles. The Balaban J connectivity index is 2.03. The number of ketones is 1. The topological polar surface area (TPSA) is 29.1 Å². The van der Waals surface area contributed by atoms with Gasteiger partial charge in [-0.05, 0) is 36.1 Å². The molecule has 0 unspecified atom stereocenters. The Morgan fingerprint density at radius 1 is 1.14 bits per heavy atom. The van der Waals surface area contributed by atoms with Gasteiger partial charge in [-0.2, -0.15) is 0 Å². The molecule has 0 aromatic heterocycles. The number of anilines is 1. The molecule has 0 spiro atoms. The second kappa shape index (κ2) is 7.28. The first-order valence-corrected chi connectivity index (χ1v) is 7.68. The minimum absolute atomic E-state index is 0.0255. The molecule has 0 radical (unpaired) electrons. The number of rotatable bonds is 5. The summed E-state index contributed by atoms with van der Waals surface area (Å²) in [5.74, 6) is 0.439. The first-order chi connectivity index (χ1) is 10.5. The summed E-state index contributed by atoms with van der Waals surface area (Å²) in [5.41, 5.74) is 3.88. The highest BCUT2D eigenvalue weighted by Gasteiger charge is 2.04. The number of halogens is 1. The van der Waals surface area contributed by atoms with Gasteiger partial charge in [0.05, 0.1) is 0 Å². The molecule has 0 aliphatic carbocycles. The maximum Gasteiger partial charge on any atom is 0.187 e. The van der Waals surface area contributed by atoms with Crippen LogP contribution in [-0.4, -0.2) is 5.78 Å². The lowest BCUT2D eigenvalue weighted by atomic mass is 10.0. The van der Waals surface area contributed by atoms with E-state index in [1.54, 1.807) is 6.20 Å². The number of aryl methyl sites for hydroxylation is 1. The van der Waals surface area contributed by atoms with Crippen molar-refractivity contribution in [3.8, 4) is 0 Å². The van der Waals surface area contributed by atoms with Gasteiger partial charge in [0.2, 0.25) is 0 Å². The lowest BCUT2D eigenvalue weighted by Gasteiger charge is -2.06. The molecule has 0 amide bonds. The van der Waals surface area contributed by atoms with Gasteiger partial charge in [-0.15, -0.1) is 0 Å². The zero-order valence-electron chi connectivity index (χ0n) is 13.1. The molecule has 0 bridgehead atoms. The molecule has 2 aromatic rings. The number of hydrogen-bond donors (Lipinski definition) is 1. The van der Waals surface area contributed by atoms with E-state index in [-0.39, 0.29) is 5.78 Å². The molecular formula is C19H20ClNO. The van der Waals surface area contributed by atoms with Gasteiger partial charge >= 0.3 is 0 Å². The Morgan fingerprint density at radius 2 is 1.82 bits per heavy atom. The molecule has 2 rings (SSSR count). The number of benzene rings is 2. The third-order valence-corrected chi connectivity index (χ3v) is 3.77. The molecule has 0 fully saturated rings. The number of carbonyl (C=O) groups is 1. The summed E-state index contributed by atoms with van der Waals surface area (Å²) in [5, 5.41) is 3.76. The van der Waals surface area contributed by atoms with E-state index >= 15 is 0 Å². The van der Waals surface area contributed by atoms with E-state index in [9.17, 15) is 4.79 Å². The summed E-state index contributed by atoms with van der Waals surface area (Å²) in [6, 6.07) is 13.3. The van der Waals surface area contributed by atoms with Crippen molar-refractivity contribution in [2.45, 2.75) is 26.7 Å². The van der Waals surface area contributed by atoms with Crippen LogP contribution in [0.5, 0.6) is 0 Å². The fraction of sp³-hybridized carbons (Fsp3) is 0.211. The van der Waals surface area contributed by atoms with Crippen molar-refractivity contribution < 1.29 is 4.79 Å². The van der Waals surface area contributed by atoms with Gasteiger partial charge < -0.3 is 5.32 Å². The van der Waals surface area contributed by atoms with Gasteiger partial charge in [-0.1, -0.05) is 55.8 Å². The summed E-state index contributed by atoms with van der Waals surface area (Å²) >= 11 is 5.96. The monoisotopic (exact) mass is 313 g/mol. The van der Waals surface area contributed by atoms with Gasteiger partial charge in [-0.3, -0.25) is 4.79 Å². The van der Waals surface area contributed by atoms with Gasteiger partial charge in [-0.25, -0.2) is 0 Å². The molecule has 0 aliphatic heterocycles. The Labute approximate surface area is 136 Å². The van der Waals surface area contributed by atoms with Crippen molar-refractivity contribution in [2.75, 3.05) is 5.32 Å². The Hall–Kier alpha value is -2.06. The third kappa shape index (κ3) is 4.22. The summed E-state index contributed by atoms with van der Waals surface area (Å²) in [6.07, 6.45) is 3.18. The molecule has 22 heavy (non-hydrogen) atoms. The fourth-order valence-corrected chi connectivity index (χ4v) is 2.26. The molecule has 0 saturated heterocycles. The van der Waals surface area contributed by atoms with Crippen molar-refractivity contribution in [3.63, 3.8) is 0 Å². The van der Waals surface area contributed by atoms with E-state index in [0.29, 0.717) is 16.5 Å². The van der Waals surface area contributed by atoms with Crippen molar-refractivity contribution in [1.82, 2.24) is 0 Å². The smallest absolute Gasteiger partial charge is 0.187 e. The molecule has 0 aliphatic rings. The van der Waals surface area contributed by atoms with E-state index in [2.05, 4.69) is 19.2 Å². The minimum Gasteiger partial charge on any atom is -0.361 e. The zero-order valence-corrected chi connectivity index (χ0v) is 13.8. The number of carbonyl (C=O) groups excluding carboxylic acids is 1. The number of allylic oxidation sites excluding steroid dienone is 1. The molecule has 0 heterocycles. The molecular weight excluding hydrogens is 294 g/mol. The molecule has 114 valence electrons. The van der Waals surface area contributed by atoms with Crippen LogP contribution in [0.15, 0.2) is 54.7 Å². The quantitative estimate of drug-likeness (QED) is 0.576. The standard InChI is InChI=1S/C19H20ClNO/c1-13(2)15-5-7-16(8-6-15)19(22)10-11-21-18-12-17(20)9-4-14(18)3/h4-13,21H,1-3H3. The Morgan fingerprint density at radius 3 is 2.45 bits per heavy atom. The van der Waals surface area contributed by atoms with Crippen LogP contribution in [0.3, 0.4) is 0 Å². The van der Waals surface area contributed by atoms with Gasteiger partial charge in [0.1, 0.15) is 0 Å². The normalized spacial score (nSPS) is 11.1. The summed E-state index contributed by atoms with van der Waals surface area (Å²) in [4.78, 5) is 12.1. The van der Waals surface area contributed by atoms with Crippen LogP contribution in [0, 0.1) is 6.92 Å². The highest BCUT2D eigenvalue weighted by atomic mass is 35.5. The van der Waals surface area contributed by atoms with Crippen LogP contribution in [0.2, 0.25) is 5.02 Å². The predicted molar refractivity (Wildman–Crippen MR) is 93.8 cm³/mol. The van der Waals surface area contributed by atoms with Crippen LogP contribution in [0.25, 0.3) is 0 Å². The van der Waals surface area contributed by atoms with E-state index in [1.807, 2.05) is 49.4 Å². The van der Waals surface area contributed by atoms with Crippen LogP contribution < -0.4 is 5.32 Å². The third-order valence-electron chi connectivity index (χ3n) is 3.54. The van der Waals surface area contributed by atoms with Crippen LogP contribution in [0.1, 0.15) is 41.3 Å². The minimum atomic E-state index is -0.0255. The van der Waals surface area contributed by atoms with E-state index in [4.69, 9.17) is 11.6 Å². The number of nitrogens with one attached hydrogen (secondary N) is 1. The van der Waals surface area contributed by atoms with E-state index in [1.165, 1.54) is 11.6 Å². The van der Waals surface area contributed by atoms with Crippen LogP contribution in [0.4, 0.5) is 5.69 Å². The molecule has 3 heteroatoms. The lowest BCUT2D eigenvalue weighted by Crippen LogP contribution is -1.98. The second-order valence-corrected chi connectivity index (χ2v) is 6.01. The van der Waals surface area contributed by atoms with Gasteiger partial charge in [0.15, 0.2) is 5.78 Å². The molecule has 1 N–H and O–H groups in total. The summed E-state index contributed by atoms with van der Waals surface area (Å²) in [7, 11) is 0. The highest BCUT2D eigenvalue weighted by Crippen LogP contribution is 2.20. The van der Waals surface area contributed by atoms with Gasteiger partial charge in [0.25, 0.3) is 0 Å². The summed E-state index contributed by atoms with van der Waals surface area (Å²) in [6.45, 7) is 6.25. The molecule has 0 saturated carbocycles. The highest BCUT2D eigenvalue weighted by molar-refractivity contribution is 6.30. The SMILES string of the molecule is Cc1ccc(Cl)cc1NC=CC(=O)c1ccc(C(C)C)cc1. The van der Waals surface area contributed by atoms with Gasteiger partial charge in [0, 0.05) is 28.5 Å². The number of hydrogen-bond acceptors (Lipinski definition) is 2. The summed E-state index contributed by atoms with van der Waals surface area (Å²) < 4.78 is 0. The Bertz CT molecular complexity index is 687. The zero-order chi connectivity index (χ0) is 16.1. The average Bonchev–Trinajstić information content (AvgIpc) is 2.50. The molecule has 2 nitrogen and oxygen atoms in total. The fourth-order valence-electron chi connectivity index (χ4n) is 2.09. The van der Waals surface area contributed by atoms with E-state index < -0.39 is 0 Å². The maximum atomic E-state index is 12.1. The lowest BCUT2D eigenvalue weighted by molar-refractivity contribution is 0.104. The second-order valence-electron chi connectivity index (χ2n) is 5.58. The largest absolute Gasteiger partial charge is 0.361 e. The molecule has 0 atom stereocenters. The Kier molecular flexibility index (Phi) is 5.40. The van der Waals surface area contributed by atoms with Crippen molar-refractivity contribution >= 4 is 23.1 Å². The van der Waals surface area contributed by atoms with Crippen LogP contribution >= 0.6 is 11.6 Å². The first kappa shape index (κ1) is 16.3. The van der Waals surface area contributed by atoms with Crippen molar-refractivity contribution in [2.24, 2.45) is 0 Å².